The first-order valence-corrected chi connectivity index (χ1v) is 8.98. The molecule has 0 N–H and O–H groups in total. The number of aromatic nitrogens is 1. The van der Waals surface area contributed by atoms with Gasteiger partial charge in [0.05, 0.1) is 12.3 Å². The summed E-state index contributed by atoms with van der Waals surface area (Å²) in [7, 11) is 0. The molecule has 132 valence electrons. The molecule has 3 aromatic rings. The monoisotopic (exact) mass is 345 g/mol. The van der Waals surface area contributed by atoms with Gasteiger partial charge >= 0.3 is 0 Å². The molecule has 0 amide bonds. The van der Waals surface area contributed by atoms with Gasteiger partial charge in [0.15, 0.2) is 5.78 Å². The van der Waals surface area contributed by atoms with E-state index < -0.39 is 0 Å². The molecule has 1 heterocycles. The number of pyridine rings is 1. The Bertz CT molecular complexity index is 850. The van der Waals surface area contributed by atoms with E-state index in [2.05, 4.69) is 48.3 Å². The minimum Gasteiger partial charge on any atom is -0.494 e. The summed E-state index contributed by atoms with van der Waals surface area (Å²) in [4.78, 5) is 15.7. The van der Waals surface area contributed by atoms with E-state index >= 15 is 0 Å². The molecule has 0 unspecified atom stereocenters. The quantitative estimate of drug-likeness (QED) is 0.401. The number of nitrogens with zero attached hydrogens (tertiary/aromatic N) is 1. The highest BCUT2D eigenvalue weighted by Gasteiger charge is 2.04. The number of Topliss-reactive ketones (excluding diaryl/α,β-unsaturated/α-hetero) is 1. The zero-order valence-electron chi connectivity index (χ0n) is 15.2. The summed E-state index contributed by atoms with van der Waals surface area (Å²) >= 11 is 0. The van der Waals surface area contributed by atoms with E-state index in [-0.39, 0.29) is 5.78 Å². The van der Waals surface area contributed by atoms with Gasteiger partial charge in [-0.15, -0.1) is 0 Å². The molecule has 0 radical (unpaired) electrons. The van der Waals surface area contributed by atoms with E-state index in [1.165, 1.54) is 0 Å². The van der Waals surface area contributed by atoms with Crippen LogP contribution in [0.2, 0.25) is 0 Å². The lowest BCUT2D eigenvalue weighted by molar-refractivity contribution is 0.101. The molecule has 0 saturated heterocycles. The van der Waals surface area contributed by atoms with Gasteiger partial charge in [-0.1, -0.05) is 49.7 Å². The van der Waals surface area contributed by atoms with Crippen molar-refractivity contribution in [2.24, 2.45) is 0 Å². The standard InChI is InChI=1S/C23H23NO2/c1-3-4-15-26-22-12-9-19(10-13-22)18-5-7-20(8-6-18)23-14-11-21(16-24-23)17(2)25/h5-14,16H,3-4,15H2,1-2H3. The first-order valence-electron chi connectivity index (χ1n) is 8.98. The van der Waals surface area contributed by atoms with Crippen molar-refractivity contribution < 1.29 is 9.53 Å². The van der Waals surface area contributed by atoms with Crippen molar-refractivity contribution in [2.75, 3.05) is 6.61 Å². The van der Waals surface area contributed by atoms with Crippen LogP contribution in [-0.4, -0.2) is 17.4 Å². The summed E-state index contributed by atoms with van der Waals surface area (Å²) in [5, 5.41) is 0. The fourth-order valence-corrected chi connectivity index (χ4v) is 2.68. The fraction of sp³-hybridized carbons (Fsp3) is 0.217. The first kappa shape index (κ1) is 17.9. The Hall–Kier alpha value is -2.94. The van der Waals surface area contributed by atoms with Crippen LogP contribution in [0, 0.1) is 0 Å². The van der Waals surface area contributed by atoms with Crippen molar-refractivity contribution in [1.29, 1.82) is 0 Å². The molecule has 0 atom stereocenters. The van der Waals surface area contributed by atoms with Crippen molar-refractivity contribution in [1.82, 2.24) is 4.98 Å². The number of unbranched alkanes of at least 4 members (excludes halogenated alkanes) is 1. The van der Waals surface area contributed by atoms with Gasteiger partial charge in [0.25, 0.3) is 0 Å². The van der Waals surface area contributed by atoms with Crippen molar-refractivity contribution >= 4 is 5.78 Å². The molecule has 3 heteroatoms. The maximum atomic E-state index is 11.3. The van der Waals surface area contributed by atoms with E-state index in [1.54, 1.807) is 13.1 Å². The van der Waals surface area contributed by atoms with Crippen molar-refractivity contribution in [3.63, 3.8) is 0 Å². The summed E-state index contributed by atoms with van der Waals surface area (Å²) in [5.74, 6) is 0.940. The lowest BCUT2D eigenvalue weighted by atomic mass is 10.0. The smallest absolute Gasteiger partial charge is 0.161 e. The highest BCUT2D eigenvalue weighted by atomic mass is 16.5. The van der Waals surface area contributed by atoms with E-state index in [9.17, 15) is 4.79 Å². The van der Waals surface area contributed by atoms with Gasteiger partial charge in [-0.05, 0) is 48.7 Å². The third kappa shape index (κ3) is 4.37. The minimum atomic E-state index is 0.0292. The van der Waals surface area contributed by atoms with Crippen LogP contribution in [-0.2, 0) is 0 Å². The summed E-state index contributed by atoms with van der Waals surface area (Å²) < 4.78 is 5.71. The highest BCUT2D eigenvalue weighted by Crippen LogP contribution is 2.25. The Morgan fingerprint density at radius 1 is 0.885 bits per heavy atom. The third-order valence-electron chi connectivity index (χ3n) is 4.30. The zero-order valence-corrected chi connectivity index (χ0v) is 15.2. The van der Waals surface area contributed by atoms with E-state index in [0.717, 1.165) is 47.6 Å². The van der Waals surface area contributed by atoms with Crippen LogP contribution in [0.5, 0.6) is 5.75 Å². The number of carbonyl (C=O) groups excluding carboxylic acids is 1. The third-order valence-corrected chi connectivity index (χ3v) is 4.30. The van der Waals surface area contributed by atoms with Crippen LogP contribution in [0.4, 0.5) is 0 Å². The summed E-state index contributed by atoms with van der Waals surface area (Å²) in [6.45, 7) is 4.47. The first-order chi connectivity index (χ1) is 12.7. The van der Waals surface area contributed by atoms with Gasteiger partial charge in [-0.3, -0.25) is 9.78 Å². The largest absolute Gasteiger partial charge is 0.494 e. The van der Waals surface area contributed by atoms with Gasteiger partial charge in [-0.25, -0.2) is 0 Å². The van der Waals surface area contributed by atoms with Crippen LogP contribution < -0.4 is 4.74 Å². The number of ether oxygens (including phenoxy) is 1. The second kappa shape index (κ2) is 8.43. The normalized spacial score (nSPS) is 10.5. The molecule has 0 aliphatic carbocycles. The summed E-state index contributed by atoms with van der Waals surface area (Å²) in [5.41, 5.74) is 4.82. The Balaban J connectivity index is 1.71. The van der Waals surface area contributed by atoms with Crippen molar-refractivity contribution in [2.45, 2.75) is 26.7 Å². The number of hydrogen-bond donors (Lipinski definition) is 0. The minimum absolute atomic E-state index is 0.0292. The molecule has 0 saturated carbocycles. The van der Waals surface area contributed by atoms with Crippen molar-refractivity contribution in [3.05, 3.63) is 72.4 Å². The Kier molecular flexibility index (Phi) is 5.80. The van der Waals surface area contributed by atoms with Crippen LogP contribution in [0.3, 0.4) is 0 Å². The van der Waals surface area contributed by atoms with Gasteiger partial charge in [-0.2, -0.15) is 0 Å². The van der Waals surface area contributed by atoms with Gasteiger partial charge in [0.2, 0.25) is 0 Å². The molecule has 0 bridgehead atoms. The molecule has 26 heavy (non-hydrogen) atoms. The van der Waals surface area contributed by atoms with Gasteiger partial charge in [0, 0.05) is 17.3 Å². The Morgan fingerprint density at radius 3 is 2.04 bits per heavy atom. The Labute approximate surface area is 154 Å². The fourth-order valence-electron chi connectivity index (χ4n) is 2.68. The van der Waals surface area contributed by atoms with Gasteiger partial charge in [0.1, 0.15) is 5.75 Å². The molecule has 0 aliphatic rings. The SMILES string of the molecule is CCCCOc1ccc(-c2ccc(-c3ccc(C(C)=O)cn3)cc2)cc1. The number of carbonyl (C=O) groups is 1. The molecule has 1 aromatic heterocycles. The maximum absolute atomic E-state index is 11.3. The molecule has 0 fully saturated rings. The molecule has 3 nitrogen and oxygen atoms in total. The zero-order chi connectivity index (χ0) is 18.4. The molecule has 0 spiro atoms. The number of benzene rings is 2. The number of ketones is 1. The van der Waals surface area contributed by atoms with Crippen molar-refractivity contribution in [3.8, 4) is 28.1 Å². The van der Waals surface area contributed by atoms with E-state index in [0.29, 0.717) is 5.56 Å². The van der Waals surface area contributed by atoms with Crippen LogP contribution in [0.15, 0.2) is 66.9 Å². The number of hydrogen-bond acceptors (Lipinski definition) is 3. The van der Waals surface area contributed by atoms with Crippen LogP contribution >= 0.6 is 0 Å². The second-order valence-corrected chi connectivity index (χ2v) is 6.29. The highest BCUT2D eigenvalue weighted by molar-refractivity contribution is 5.93. The maximum Gasteiger partial charge on any atom is 0.161 e. The number of rotatable bonds is 7. The molecule has 2 aromatic carbocycles. The molecular weight excluding hydrogens is 322 g/mol. The van der Waals surface area contributed by atoms with Crippen LogP contribution in [0.1, 0.15) is 37.0 Å². The predicted octanol–water partition coefficient (Wildman–Crippen LogP) is 5.80. The second-order valence-electron chi connectivity index (χ2n) is 6.29. The lowest BCUT2D eigenvalue weighted by Gasteiger charge is -2.08. The average molecular weight is 345 g/mol. The molecule has 0 aliphatic heterocycles. The summed E-state index contributed by atoms with van der Waals surface area (Å²) in [6, 6.07) is 20.2. The predicted molar refractivity (Wildman–Crippen MR) is 106 cm³/mol. The topological polar surface area (TPSA) is 39.2 Å². The van der Waals surface area contributed by atoms with E-state index in [1.807, 2.05) is 24.3 Å². The van der Waals surface area contributed by atoms with E-state index in [4.69, 9.17) is 4.74 Å². The molecule has 3 rings (SSSR count). The summed E-state index contributed by atoms with van der Waals surface area (Å²) in [6.07, 6.45) is 3.84. The lowest BCUT2D eigenvalue weighted by Crippen LogP contribution is -1.95. The Morgan fingerprint density at radius 2 is 1.50 bits per heavy atom. The van der Waals surface area contributed by atoms with Gasteiger partial charge < -0.3 is 4.74 Å². The average Bonchev–Trinajstić information content (AvgIpc) is 2.69. The van der Waals surface area contributed by atoms with Crippen LogP contribution in [0.25, 0.3) is 22.4 Å². The molecular formula is C23H23NO2.